The molecule has 27 heavy (non-hydrogen) atoms. The van der Waals surface area contributed by atoms with Crippen molar-refractivity contribution < 1.29 is 4.39 Å². The first-order valence-electron chi connectivity index (χ1n) is 8.53. The third kappa shape index (κ3) is 4.37. The molecule has 0 saturated heterocycles. The maximum Gasteiger partial charge on any atom is 0.132 e. The van der Waals surface area contributed by atoms with Crippen LogP contribution in [0.25, 0.3) is 0 Å². The minimum atomic E-state index is -0.258. The zero-order valence-electron chi connectivity index (χ0n) is 14.4. The lowest BCUT2D eigenvalue weighted by Crippen LogP contribution is -2.08. The molecule has 1 aliphatic rings. The summed E-state index contributed by atoms with van der Waals surface area (Å²) in [7, 11) is 0. The lowest BCUT2D eigenvalue weighted by molar-refractivity contribution is 0.625. The monoisotopic (exact) mass is 417 g/mol. The summed E-state index contributed by atoms with van der Waals surface area (Å²) in [4.78, 5) is 5.95. The second-order valence-electron chi connectivity index (χ2n) is 6.15. The van der Waals surface area contributed by atoms with E-state index in [4.69, 9.17) is 16.6 Å². The molecule has 5 heteroatoms. The highest BCUT2D eigenvalue weighted by Gasteiger charge is 2.24. The van der Waals surface area contributed by atoms with E-state index in [1.807, 2.05) is 48.2 Å². The number of aliphatic imine (C=N–C) groups is 1. The van der Waals surface area contributed by atoms with Gasteiger partial charge in [-0.15, -0.1) is 24.2 Å². The summed E-state index contributed by atoms with van der Waals surface area (Å²) in [6.45, 7) is 0.653. The minimum absolute atomic E-state index is 0. The van der Waals surface area contributed by atoms with Gasteiger partial charge >= 0.3 is 0 Å². The van der Waals surface area contributed by atoms with E-state index >= 15 is 0 Å². The molecule has 1 unspecified atom stereocenters. The number of rotatable bonds is 3. The normalized spacial score (nSPS) is 15.9. The van der Waals surface area contributed by atoms with Crippen molar-refractivity contribution in [1.29, 1.82) is 0 Å². The van der Waals surface area contributed by atoms with E-state index in [2.05, 4.69) is 18.2 Å². The van der Waals surface area contributed by atoms with Crippen LogP contribution < -0.4 is 0 Å². The van der Waals surface area contributed by atoms with E-state index in [-0.39, 0.29) is 23.5 Å². The summed E-state index contributed by atoms with van der Waals surface area (Å²) in [5.74, 6) is -0.258. The van der Waals surface area contributed by atoms with Crippen molar-refractivity contribution in [2.45, 2.75) is 16.6 Å². The molecular weight excluding hydrogens is 400 g/mol. The first-order chi connectivity index (χ1) is 12.7. The summed E-state index contributed by atoms with van der Waals surface area (Å²) in [5, 5.41) is 0.885. The molecule has 0 aliphatic carbocycles. The highest BCUT2D eigenvalue weighted by Crippen LogP contribution is 2.41. The van der Waals surface area contributed by atoms with Crippen LogP contribution in [-0.4, -0.2) is 12.3 Å². The number of nitrogens with zero attached hydrogens (tertiary/aromatic N) is 1. The molecule has 1 aliphatic heterocycles. The Kier molecular flexibility index (Phi) is 6.59. The van der Waals surface area contributed by atoms with Crippen LogP contribution in [0.1, 0.15) is 28.4 Å². The van der Waals surface area contributed by atoms with Gasteiger partial charge in [-0.1, -0.05) is 48.0 Å². The molecule has 138 valence electrons. The number of benzene rings is 3. The Morgan fingerprint density at radius 2 is 1.67 bits per heavy atom. The topological polar surface area (TPSA) is 12.4 Å². The van der Waals surface area contributed by atoms with Crippen LogP contribution >= 0.6 is 35.8 Å². The summed E-state index contributed by atoms with van der Waals surface area (Å²) >= 11 is 8.09. The van der Waals surface area contributed by atoms with Crippen molar-refractivity contribution in [3.63, 3.8) is 0 Å². The average Bonchev–Trinajstić information content (AvgIpc) is 2.82. The summed E-state index contributed by atoms with van der Waals surface area (Å²) < 4.78 is 14.4. The van der Waals surface area contributed by atoms with Gasteiger partial charge < -0.3 is 0 Å². The summed E-state index contributed by atoms with van der Waals surface area (Å²) in [5.41, 5.74) is 3.30. The van der Waals surface area contributed by atoms with Crippen LogP contribution in [-0.2, 0) is 0 Å². The first kappa shape index (κ1) is 19.9. The van der Waals surface area contributed by atoms with Crippen molar-refractivity contribution in [2.75, 3.05) is 6.54 Å². The lowest BCUT2D eigenvalue weighted by Gasteiger charge is -2.18. The van der Waals surface area contributed by atoms with Gasteiger partial charge in [0.2, 0.25) is 0 Å². The van der Waals surface area contributed by atoms with Gasteiger partial charge in [-0.2, -0.15) is 0 Å². The quantitative estimate of drug-likeness (QED) is 0.447. The maximum absolute atomic E-state index is 14.4. The summed E-state index contributed by atoms with van der Waals surface area (Å²) in [6, 6.07) is 23.0. The van der Waals surface area contributed by atoms with E-state index in [0.717, 1.165) is 17.5 Å². The Bertz CT molecular complexity index is 960. The smallest absolute Gasteiger partial charge is 0.132 e. The van der Waals surface area contributed by atoms with E-state index in [1.165, 1.54) is 11.0 Å². The van der Waals surface area contributed by atoms with Gasteiger partial charge in [0, 0.05) is 32.8 Å². The van der Waals surface area contributed by atoms with E-state index in [9.17, 15) is 4.39 Å². The first-order valence-corrected chi connectivity index (χ1v) is 9.79. The number of fused-ring (bicyclic) bond motifs is 1. The Morgan fingerprint density at radius 1 is 0.926 bits per heavy atom. The number of thioether (sulfide) groups is 1. The molecule has 0 N–H and O–H groups in total. The van der Waals surface area contributed by atoms with Crippen LogP contribution in [0.3, 0.4) is 0 Å². The van der Waals surface area contributed by atoms with E-state index in [1.54, 1.807) is 12.1 Å². The van der Waals surface area contributed by atoms with Gasteiger partial charge in [-0.25, -0.2) is 4.39 Å². The number of hydrogen-bond donors (Lipinski definition) is 0. The summed E-state index contributed by atoms with van der Waals surface area (Å²) in [6.07, 6.45) is 0.895. The molecule has 3 aromatic rings. The average molecular weight is 418 g/mol. The van der Waals surface area contributed by atoms with Crippen molar-refractivity contribution in [2.24, 2.45) is 4.99 Å². The molecular formula is C22H18Cl2FNS. The minimum Gasteiger partial charge on any atom is -0.284 e. The SMILES string of the molecule is Cl.Fc1ccccc1C1=NCCC(Sc2ccccc2)c2ccc(Cl)cc21. The number of hydrogen-bond acceptors (Lipinski definition) is 2. The number of halogens is 3. The second kappa shape index (κ2) is 8.92. The molecule has 0 fully saturated rings. The van der Waals surface area contributed by atoms with Crippen LogP contribution in [0, 0.1) is 5.82 Å². The van der Waals surface area contributed by atoms with Gasteiger partial charge in [0.1, 0.15) is 5.82 Å². The largest absolute Gasteiger partial charge is 0.284 e. The zero-order chi connectivity index (χ0) is 17.9. The molecule has 0 saturated carbocycles. The molecule has 0 aromatic heterocycles. The molecule has 0 bridgehead atoms. The van der Waals surface area contributed by atoms with Crippen LogP contribution in [0.4, 0.5) is 4.39 Å². The predicted molar refractivity (Wildman–Crippen MR) is 115 cm³/mol. The molecule has 4 rings (SSSR count). The second-order valence-corrected chi connectivity index (χ2v) is 7.86. The predicted octanol–water partition coefficient (Wildman–Crippen LogP) is 6.98. The molecule has 3 aromatic carbocycles. The lowest BCUT2D eigenvalue weighted by atomic mass is 9.95. The Morgan fingerprint density at radius 3 is 2.44 bits per heavy atom. The van der Waals surface area contributed by atoms with Crippen molar-refractivity contribution in [3.05, 3.63) is 100 Å². The van der Waals surface area contributed by atoms with Gasteiger partial charge in [-0.3, -0.25) is 4.99 Å². The van der Waals surface area contributed by atoms with Crippen molar-refractivity contribution >= 4 is 41.5 Å². The van der Waals surface area contributed by atoms with Gasteiger partial charge in [0.15, 0.2) is 0 Å². The fourth-order valence-electron chi connectivity index (χ4n) is 3.22. The fraction of sp³-hybridized carbons (Fsp3) is 0.136. The van der Waals surface area contributed by atoms with Crippen molar-refractivity contribution in [1.82, 2.24) is 0 Å². The maximum atomic E-state index is 14.4. The van der Waals surface area contributed by atoms with Gasteiger partial charge in [-0.05, 0) is 48.4 Å². The standard InChI is InChI=1S/C22H17ClFNS.ClH/c23-15-10-11-17-19(14-15)22(18-8-4-5-9-20(18)24)25-13-12-21(17)26-16-6-2-1-3-7-16;/h1-11,14,21H,12-13H2;1H. The molecule has 1 nitrogen and oxygen atoms in total. The Balaban J connectivity index is 0.00000210. The van der Waals surface area contributed by atoms with Crippen LogP contribution in [0.2, 0.25) is 5.02 Å². The van der Waals surface area contributed by atoms with Gasteiger partial charge in [0.05, 0.1) is 5.71 Å². The molecule has 1 atom stereocenters. The molecule has 1 heterocycles. The van der Waals surface area contributed by atoms with Gasteiger partial charge in [0.25, 0.3) is 0 Å². The highest BCUT2D eigenvalue weighted by atomic mass is 35.5. The third-order valence-corrected chi connectivity index (χ3v) is 5.98. The van der Waals surface area contributed by atoms with Crippen molar-refractivity contribution in [3.8, 4) is 0 Å². The Labute approximate surface area is 174 Å². The molecule has 0 amide bonds. The molecule has 0 spiro atoms. The van der Waals surface area contributed by atoms with Crippen LogP contribution in [0.15, 0.2) is 82.7 Å². The zero-order valence-corrected chi connectivity index (χ0v) is 16.8. The fourth-order valence-corrected chi connectivity index (χ4v) is 4.59. The van der Waals surface area contributed by atoms with E-state index < -0.39 is 0 Å². The third-order valence-electron chi connectivity index (χ3n) is 4.43. The highest BCUT2D eigenvalue weighted by molar-refractivity contribution is 7.99. The Hall–Kier alpha value is -1.81. The van der Waals surface area contributed by atoms with E-state index in [0.29, 0.717) is 22.8 Å². The molecule has 0 radical (unpaired) electrons. The van der Waals surface area contributed by atoms with Crippen LogP contribution in [0.5, 0.6) is 0 Å².